The standard InChI is InChI=1S/C20H12Cl2N2O2S/c21-14-7-4-8-15(22)18(14)16-10-9-13(26-16)11-17-19(25)24-20(27-17)23-12-5-2-1-3-6-12/h1-11H,(H,23,24,25). The summed E-state index contributed by atoms with van der Waals surface area (Å²) in [7, 11) is 0. The first-order valence-electron chi connectivity index (χ1n) is 7.99. The molecule has 2 heterocycles. The molecule has 4 rings (SSSR count). The van der Waals surface area contributed by atoms with Crippen molar-refractivity contribution in [3.8, 4) is 11.3 Å². The molecule has 7 heteroatoms. The molecule has 0 spiro atoms. The Labute approximate surface area is 169 Å². The van der Waals surface area contributed by atoms with Crippen molar-refractivity contribution in [2.24, 2.45) is 4.99 Å². The van der Waals surface area contributed by atoms with E-state index in [9.17, 15) is 4.79 Å². The molecule has 0 aliphatic carbocycles. The van der Waals surface area contributed by atoms with E-state index in [1.165, 1.54) is 11.8 Å². The maximum absolute atomic E-state index is 12.2. The lowest BCUT2D eigenvalue weighted by Gasteiger charge is -2.02. The minimum absolute atomic E-state index is 0.219. The molecule has 134 valence electrons. The van der Waals surface area contributed by atoms with Gasteiger partial charge in [-0.3, -0.25) is 4.79 Å². The fourth-order valence-corrected chi connectivity index (χ4v) is 3.93. The molecule has 0 atom stereocenters. The summed E-state index contributed by atoms with van der Waals surface area (Å²) < 4.78 is 5.82. The first-order valence-corrected chi connectivity index (χ1v) is 9.56. The van der Waals surface area contributed by atoms with Gasteiger partial charge in [0, 0.05) is 6.08 Å². The van der Waals surface area contributed by atoms with E-state index in [0.717, 1.165) is 5.69 Å². The lowest BCUT2D eigenvalue weighted by atomic mass is 10.2. The van der Waals surface area contributed by atoms with E-state index in [4.69, 9.17) is 27.6 Å². The van der Waals surface area contributed by atoms with E-state index in [1.54, 1.807) is 36.4 Å². The van der Waals surface area contributed by atoms with Crippen LogP contribution in [0.3, 0.4) is 0 Å². The summed E-state index contributed by atoms with van der Waals surface area (Å²) in [6.07, 6.45) is 1.67. The number of amides is 1. The van der Waals surface area contributed by atoms with Gasteiger partial charge in [0.25, 0.3) is 5.91 Å². The third-order valence-corrected chi connectivity index (χ3v) is 5.29. The van der Waals surface area contributed by atoms with Crippen LogP contribution in [0.15, 0.2) is 75.0 Å². The summed E-state index contributed by atoms with van der Waals surface area (Å²) >= 11 is 13.7. The number of halogens is 2. The van der Waals surface area contributed by atoms with Crippen molar-refractivity contribution in [3.63, 3.8) is 0 Å². The molecule has 1 amide bonds. The summed E-state index contributed by atoms with van der Waals surface area (Å²) in [5, 5.41) is 4.28. The van der Waals surface area contributed by atoms with Crippen molar-refractivity contribution in [2.45, 2.75) is 0 Å². The number of hydrogen-bond acceptors (Lipinski definition) is 4. The highest BCUT2D eigenvalue weighted by Crippen LogP contribution is 2.36. The lowest BCUT2D eigenvalue weighted by Crippen LogP contribution is -2.19. The predicted octanol–water partition coefficient (Wildman–Crippen LogP) is 6.15. The minimum atomic E-state index is -0.219. The lowest BCUT2D eigenvalue weighted by molar-refractivity contribution is -0.115. The van der Waals surface area contributed by atoms with E-state index in [0.29, 0.717) is 37.2 Å². The Balaban J connectivity index is 1.59. The number of benzene rings is 2. The van der Waals surface area contributed by atoms with Crippen LogP contribution < -0.4 is 5.32 Å². The SMILES string of the molecule is O=C1NC(=Nc2ccccc2)SC1=Cc1ccc(-c2c(Cl)cccc2Cl)o1. The molecule has 1 saturated heterocycles. The van der Waals surface area contributed by atoms with Gasteiger partial charge in [0.05, 0.1) is 26.2 Å². The monoisotopic (exact) mass is 414 g/mol. The number of nitrogens with zero attached hydrogens (tertiary/aromatic N) is 1. The molecule has 3 aromatic rings. The van der Waals surface area contributed by atoms with Crippen molar-refractivity contribution >= 4 is 57.8 Å². The Morgan fingerprint density at radius 3 is 2.44 bits per heavy atom. The molecule has 2 aromatic carbocycles. The zero-order valence-corrected chi connectivity index (χ0v) is 16.1. The molecule has 0 bridgehead atoms. The molecule has 1 aliphatic heterocycles. The fourth-order valence-electron chi connectivity index (χ4n) is 2.53. The zero-order chi connectivity index (χ0) is 18.8. The number of amidine groups is 1. The van der Waals surface area contributed by atoms with Gasteiger partial charge >= 0.3 is 0 Å². The van der Waals surface area contributed by atoms with Crippen LogP contribution in [0.5, 0.6) is 0 Å². The zero-order valence-electron chi connectivity index (χ0n) is 13.8. The van der Waals surface area contributed by atoms with Crippen LogP contribution in [0.2, 0.25) is 10.0 Å². The predicted molar refractivity (Wildman–Crippen MR) is 111 cm³/mol. The number of para-hydroxylation sites is 1. The third kappa shape index (κ3) is 3.95. The molecule has 1 aromatic heterocycles. The summed E-state index contributed by atoms with van der Waals surface area (Å²) in [6.45, 7) is 0. The smallest absolute Gasteiger partial charge is 0.264 e. The quantitative estimate of drug-likeness (QED) is 0.523. The largest absolute Gasteiger partial charge is 0.457 e. The number of furan rings is 1. The van der Waals surface area contributed by atoms with Crippen molar-refractivity contribution in [1.29, 1.82) is 0 Å². The number of nitrogens with one attached hydrogen (secondary N) is 1. The average Bonchev–Trinajstić information content (AvgIpc) is 3.23. The van der Waals surface area contributed by atoms with E-state index in [-0.39, 0.29) is 5.91 Å². The number of carbonyl (C=O) groups excluding carboxylic acids is 1. The Bertz CT molecular complexity index is 1050. The maximum atomic E-state index is 12.2. The van der Waals surface area contributed by atoms with E-state index in [1.807, 2.05) is 30.3 Å². The van der Waals surface area contributed by atoms with Gasteiger partial charge in [0.2, 0.25) is 0 Å². The summed E-state index contributed by atoms with van der Waals surface area (Å²) in [6, 6.07) is 18.2. The Hall–Kier alpha value is -2.47. The highest BCUT2D eigenvalue weighted by molar-refractivity contribution is 8.18. The summed E-state index contributed by atoms with van der Waals surface area (Å²) in [5.74, 6) is 0.849. The summed E-state index contributed by atoms with van der Waals surface area (Å²) in [5.41, 5.74) is 1.40. The minimum Gasteiger partial charge on any atom is -0.457 e. The number of rotatable bonds is 3. The molecule has 27 heavy (non-hydrogen) atoms. The van der Waals surface area contributed by atoms with Crippen molar-refractivity contribution in [2.75, 3.05) is 0 Å². The normalized spacial score (nSPS) is 16.9. The van der Waals surface area contributed by atoms with Crippen molar-refractivity contribution in [1.82, 2.24) is 5.32 Å². The number of thioether (sulfide) groups is 1. The molecule has 0 radical (unpaired) electrons. The maximum Gasteiger partial charge on any atom is 0.264 e. The van der Waals surface area contributed by atoms with E-state index >= 15 is 0 Å². The van der Waals surface area contributed by atoms with Gasteiger partial charge in [-0.1, -0.05) is 47.5 Å². The van der Waals surface area contributed by atoms with Crippen LogP contribution in [-0.2, 0) is 4.79 Å². The van der Waals surface area contributed by atoms with Crippen molar-refractivity contribution < 1.29 is 9.21 Å². The second-order valence-corrected chi connectivity index (χ2v) is 7.46. The second kappa shape index (κ2) is 7.64. The topological polar surface area (TPSA) is 54.6 Å². The van der Waals surface area contributed by atoms with Crippen molar-refractivity contribution in [3.05, 3.63) is 81.4 Å². The van der Waals surface area contributed by atoms with Crippen LogP contribution in [0, 0.1) is 0 Å². The number of aliphatic imine (C=N–C) groups is 1. The van der Waals surface area contributed by atoms with Gasteiger partial charge in [-0.05, 0) is 48.2 Å². The van der Waals surface area contributed by atoms with E-state index < -0.39 is 0 Å². The molecular weight excluding hydrogens is 403 g/mol. The van der Waals surface area contributed by atoms with Gasteiger partial charge in [0.15, 0.2) is 5.17 Å². The molecule has 1 aliphatic rings. The van der Waals surface area contributed by atoms with Crippen LogP contribution in [-0.4, -0.2) is 11.1 Å². The molecule has 0 saturated carbocycles. The van der Waals surface area contributed by atoms with Crippen LogP contribution in [0.4, 0.5) is 5.69 Å². The van der Waals surface area contributed by atoms with Gasteiger partial charge in [0.1, 0.15) is 11.5 Å². The molecule has 1 fully saturated rings. The van der Waals surface area contributed by atoms with Gasteiger partial charge in [-0.25, -0.2) is 4.99 Å². The summed E-state index contributed by atoms with van der Waals surface area (Å²) in [4.78, 5) is 17.1. The average molecular weight is 415 g/mol. The Kier molecular flexibility index (Phi) is 5.07. The molecule has 4 nitrogen and oxygen atoms in total. The third-order valence-electron chi connectivity index (χ3n) is 3.75. The molecule has 0 unspecified atom stereocenters. The molecular formula is C20H12Cl2N2O2S. The first-order chi connectivity index (χ1) is 13.1. The number of carbonyl (C=O) groups is 1. The van der Waals surface area contributed by atoms with Gasteiger partial charge in [-0.15, -0.1) is 0 Å². The second-order valence-electron chi connectivity index (χ2n) is 5.62. The fraction of sp³-hybridized carbons (Fsp3) is 0. The number of hydrogen-bond donors (Lipinski definition) is 1. The van der Waals surface area contributed by atoms with Crippen LogP contribution in [0.25, 0.3) is 17.4 Å². The highest BCUT2D eigenvalue weighted by atomic mass is 35.5. The van der Waals surface area contributed by atoms with Crippen LogP contribution in [0.1, 0.15) is 5.76 Å². The van der Waals surface area contributed by atoms with Gasteiger partial charge < -0.3 is 9.73 Å². The van der Waals surface area contributed by atoms with Gasteiger partial charge in [-0.2, -0.15) is 0 Å². The first kappa shape index (κ1) is 17.9. The molecule has 1 N–H and O–H groups in total. The Morgan fingerprint density at radius 2 is 1.70 bits per heavy atom. The highest BCUT2D eigenvalue weighted by Gasteiger charge is 2.24. The van der Waals surface area contributed by atoms with Crippen LogP contribution >= 0.6 is 35.0 Å². The Morgan fingerprint density at radius 1 is 0.963 bits per heavy atom. The van der Waals surface area contributed by atoms with E-state index in [2.05, 4.69) is 10.3 Å².